The fraction of sp³-hybridized carbons (Fsp3) is 0.750. The van der Waals surface area contributed by atoms with Crippen LogP contribution in [-0.4, -0.2) is 79.3 Å². The molecule has 2 N–H and O–H groups in total. The number of carbonyl (C=O) groups is 3. The SMILES string of the molecule is CCN(CC)C(=O)CN(C)C(=O)NCC(OC)C(=O)O. The van der Waals surface area contributed by atoms with E-state index >= 15 is 0 Å². The molecule has 8 nitrogen and oxygen atoms in total. The number of ether oxygens (including phenoxy) is 1. The molecule has 3 amide bonds. The molecule has 0 aromatic carbocycles. The van der Waals surface area contributed by atoms with E-state index in [9.17, 15) is 14.4 Å². The van der Waals surface area contributed by atoms with Crippen LogP contribution in [0.2, 0.25) is 0 Å². The zero-order valence-electron chi connectivity index (χ0n) is 12.4. The van der Waals surface area contributed by atoms with E-state index in [1.807, 2.05) is 13.8 Å². The minimum atomic E-state index is -1.16. The molecule has 0 radical (unpaired) electrons. The molecule has 0 heterocycles. The minimum Gasteiger partial charge on any atom is -0.479 e. The summed E-state index contributed by atoms with van der Waals surface area (Å²) in [6.07, 6.45) is -1.11. The van der Waals surface area contributed by atoms with Crippen molar-refractivity contribution >= 4 is 17.9 Å². The second kappa shape index (κ2) is 9.13. The van der Waals surface area contributed by atoms with Crippen molar-refractivity contribution in [2.75, 3.05) is 40.3 Å². The Hall–Kier alpha value is -1.83. The lowest BCUT2D eigenvalue weighted by Crippen LogP contribution is -2.47. The first kappa shape index (κ1) is 18.2. The van der Waals surface area contributed by atoms with E-state index in [2.05, 4.69) is 10.1 Å². The third-order valence-corrected chi connectivity index (χ3v) is 2.83. The van der Waals surface area contributed by atoms with E-state index in [1.54, 1.807) is 4.90 Å². The second-order valence-electron chi connectivity index (χ2n) is 4.17. The predicted octanol–water partition coefficient (Wildman–Crippen LogP) is -0.404. The number of likely N-dealkylation sites (N-methyl/N-ethyl adjacent to an activating group) is 2. The van der Waals surface area contributed by atoms with Crippen LogP contribution in [0.5, 0.6) is 0 Å². The molecule has 0 aromatic rings. The Kier molecular flexibility index (Phi) is 8.30. The summed E-state index contributed by atoms with van der Waals surface area (Å²) in [6, 6.07) is -0.520. The molecule has 1 atom stereocenters. The molecule has 0 aromatic heterocycles. The lowest BCUT2D eigenvalue weighted by Gasteiger charge is -2.23. The molecule has 0 rings (SSSR count). The van der Waals surface area contributed by atoms with Gasteiger partial charge in [0.15, 0.2) is 6.10 Å². The summed E-state index contributed by atoms with van der Waals surface area (Å²) in [5.41, 5.74) is 0. The molecule has 1 unspecified atom stereocenters. The molecule has 0 bridgehead atoms. The van der Waals surface area contributed by atoms with Gasteiger partial charge >= 0.3 is 12.0 Å². The number of aliphatic carboxylic acids is 1. The van der Waals surface area contributed by atoms with Gasteiger partial charge in [0, 0.05) is 27.2 Å². The van der Waals surface area contributed by atoms with Gasteiger partial charge in [0.05, 0.1) is 6.54 Å². The van der Waals surface area contributed by atoms with Crippen molar-refractivity contribution in [1.29, 1.82) is 0 Å². The summed E-state index contributed by atoms with van der Waals surface area (Å²) in [7, 11) is 2.72. The van der Waals surface area contributed by atoms with Crippen LogP contribution in [0, 0.1) is 0 Å². The van der Waals surface area contributed by atoms with Crippen LogP contribution in [0.3, 0.4) is 0 Å². The third kappa shape index (κ3) is 5.87. The number of nitrogens with zero attached hydrogens (tertiary/aromatic N) is 2. The van der Waals surface area contributed by atoms with E-state index in [-0.39, 0.29) is 19.0 Å². The maximum absolute atomic E-state index is 11.8. The first-order chi connectivity index (χ1) is 9.37. The number of carbonyl (C=O) groups excluding carboxylic acids is 2. The third-order valence-electron chi connectivity index (χ3n) is 2.83. The Morgan fingerprint density at radius 3 is 2.20 bits per heavy atom. The molecule has 20 heavy (non-hydrogen) atoms. The normalized spacial score (nSPS) is 11.6. The molecular formula is C12H23N3O5. The highest BCUT2D eigenvalue weighted by Gasteiger charge is 2.20. The van der Waals surface area contributed by atoms with Gasteiger partial charge in [-0.05, 0) is 13.8 Å². The van der Waals surface area contributed by atoms with Crippen molar-refractivity contribution in [1.82, 2.24) is 15.1 Å². The lowest BCUT2D eigenvalue weighted by atomic mass is 10.3. The maximum Gasteiger partial charge on any atom is 0.334 e. The van der Waals surface area contributed by atoms with Gasteiger partial charge in [-0.3, -0.25) is 4.79 Å². The molecule has 0 aliphatic rings. The van der Waals surface area contributed by atoms with Gasteiger partial charge in [-0.1, -0.05) is 0 Å². The van der Waals surface area contributed by atoms with Crippen LogP contribution in [0.1, 0.15) is 13.8 Å². The summed E-state index contributed by atoms with van der Waals surface area (Å²) in [5.74, 6) is -1.32. The summed E-state index contributed by atoms with van der Waals surface area (Å²) >= 11 is 0. The summed E-state index contributed by atoms with van der Waals surface area (Å²) < 4.78 is 4.69. The fourth-order valence-corrected chi connectivity index (χ4v) is 1.54. The van der Waals surface area contributed by atoms with Crippen LogP contribution >= 0.6 is 0 Å². The average molecular weight is 289 g/mol. The van der Waals surface area contributed by atoms with E-state index in [0.29, 0.717) is 13.1 Å². The van der Waals surface area contributed by atoms with Gasteiger partial charge in [0.1, 0.15) is 6.54 Å². The van der Waals surface area contributed by atoms with Crippen molar-refractivity contribution in [3.63, 3.8) is 0 Å². The van der Waals surface area contributed by atoms with Crippen LogP contribution in [0.4, 0.5) is 4.79 Å². The standard InChI is InChI=1S/C12H23N3O5/c1-5-15(6-2)10(16)8-14(3)12(19)13-7-9(20-4)11(17)18/h9H,5-8H2,1-4H3,(H,13,19)(H,17,18). The smallest absolute Gasteiger partial charge is 0.334 e. The Balaban J connectivity index is 4.28. The number of hydrogen-bond donors (Lipinski definition) is 2. The van der Waals surface area contributed by atoms with Crippen LogP contribution in [-0.2, 0) is 14.3 Å². The number of hydrogen-bond acceptors (Lipinski definition) is 4. The summed E-state index contributed by atoms with van der Waals surface area (Å²) in [6.45, 7) is 4.66. The van der Waals surface area contributed by atoms with E-state index < -0.39 is 18.1 Å². The second-order valence-corrected chi connectivity index (χ2v) is 4.17. The van der Waals surface area contributed by atoms with Gasteiger partial charge in [0.2, 0.25) is 5.91 Å². The summed E-state index contributed by atoms with van der Waals surface area (Å²) in [5, 5.41) is 11.2. The van der Waals surface area contributed by atoms with E-state index in [1.165, 1.54) is 19.1 Å². The van der Waals surface area contributed by atoms with Crippen LogP contribution in [0.15, 0.2) is 0 Å². The quantitative estimate of drug-likeness (QED) is 0.633. The highest BCUT2D eigenvalue weighted by atomic mass is 16.5. The van der Waals surface area contributed by atoms with Crippen molar-refractivity contribution in [3.05, 3.63) is 0 Å². The molecule has 0 aliphatic carbocycles. The minimum absolute atomic E-state index is 0.0573. The van der Waals surface area contributed by atoms with Gasteiger partial charge in [0.25, 0.3) is 0 Å². The van der Waals surface area contributed by atoms with E-state index in [0.717, 1.165) is 0 Å². The fourth-order valence-electron chi connectivity index (χ4n) is 1.54. The topological polar surface area (TPSA) is 99.2 Å². The van der Waals surface area contributed by atoms with Crippen molar-refractivity contribution < 1.29 is 24.2 Å². The average Bonchev–Trinajstić information content (AvgIpc) is 2.39. The molecule has 8 heteroatoms. The van der Waals surface area contributed by atoms with E-state index in [4.69, 9.17) is 5.11 Å². The largest absolute Gasteiger partial charge is 0.479 e. The van der Waals surface area contributed by atoms with Gasteiger partial charge in [-0.2, -0.15) is 0 Å². The first-order valence-corrected chi connectivity index (χ1v) is 6.39. The Morgan fingerprint density at radius 2 is 1.80 bits per heavy atom. The molecule has 0 saturated heterocycles. The van der Waals surface area contributed by atoms with Gasteiger partial charge in [-0.25, -0.2) is 9.59 Å². The number of carboxylic acids is 1. The van der Waals surface area contributed by atoms with Gasteiger partial charge in [-0.15, -0.1) is 0 Å². The Morgan fingerprint density at radius 1 is 1.25 bits per heavy atom. The Bertz CT molecular complexity index is 344. The monoisotopic (exact) mass is 289 g/mol. The van der Waals surface area contributed by atoms with Crippen molar-refractivity contribution in [2.45, 2.75) is 20.0 Å². The molecule has 0 aliphatic heterocycles. The number of urea groups is 1. The molecule has 0 spiro atoms. The lowest BCUT2D eigenvalue weighted by molar-refractivity contribution is -0.148. The van der Waals surface area contributed by atoms with Crippen LogP contribution in [0.25, 0.3) is 0 Å². The molecule has 0 fully saturated rings. The van der Waals surface area contributed by atoms with Crippen molar-refractivity contribution in [3.8, 4) is 0 Å². The number of rotatable bonds is 8. The molecule has 0 saturated carbocycles. The number of carboxylic acid groups (broad SMARTS) is 1. The number of nitrogens with one attached hydrogen (secondary N) is 1. The van der Waals surface area contributed by atoms with Crippen LogP contribution < -0.4 is 5.32 Å². The zero-order chi connectivity index (χ0) is 15.7. The molecular weight excluding hydrogens is 266 g/mol. The zero-order valence-corrected chi connectivity index (χ0v) is 12.4. The Labute approximate surface area is 118 Å². The maximum atomic E-state index is 11.8. The molecule has 116 valence electrons. The first-order valence-electron chi connectivity index (χ1n) is 6.39. The number of amides is 3. The predicted molar refractivity (Wildman–Crippen MR) is 72.4 cm³/mol. The summed E-state index contributed by atoms with van der Waals surface area (Å²) in [4.78, 5) is 37.0. The highest BCUT2D eigenvalue weighted by Crippen LogP contribution is 1.94. The number of methoxy groups -OCH3 is 1. The van der Waals surface area contributed by atoms with Gasteiger partial charge < -0.3 is 25.0 Å². The van der Waals surface area contributed by atoms with Crippen molar-refractivity contribution in [2.24, 2.45) is 0 Å². The highest BCUT2D eigenvalue weighted by molar-refractivity contribution is 5.84.